The second-order valence-electron chi connectivity index (χ2n) is 5.34. The summed E-state index contributed by atoms with van der Waals surface area (Å²) in [7, 11) is 0. The average molecular weight is 272 g/mol. The lowest BCUT2D eigenvalue weighted by molar-refractivity contribution is 0.153. The Morgan fingerprint density at radius 3 is 2.65 bits per heavy atom. The van der Waals surface area contributed by atoms with Crippen LogP contribution in [0.2, 0.25) is 0 Å². The Bertz CT molecular complexity index is 510. The number of rotatable bonds is 2. The van der Waals surface area contributed by atoms with E-state index >= 15 is 0 Å². The third-order valence-electron chi connectivity index (χ3n) is 4.18. The summed E-state index contributed by atoms with van der Waals surface area (Å²) in [5.41, 5.74) is 2.10. The van der Waals surface area contributed by atoms with Gasteiger partial charge in [0.1, 0.15) is 0 Å². The van der Waals surface area contributed by atoms with Crippen LogP contribution < -0.4 is 5.32 Å². The van der Waals surface area contributed by atoms with E-state index < -0.39 is 0 Å². The maximum absolute atomic E-state index is 12.4. The zero-order valence-corrected chi connectivity index (χ0v) is 11.3. The van der Waals surface area contributed by atoms with E-state index in [9.17, 15) is 9.59 Å². The first-order valence-corrected chi connectivity index (χ1v) is 7.06. The number of urea groups is 1. The van der Waals surface area contributed by atoms with Crippen LogP contribution in [0.15, 0.2) is 24.3 Å². The van der Waals surface area contributed by atoms with E-state index in [2.05, 4.69) is 11.4 Å². The maximum Gasteiger partial charge on any atom is 0.322 e. The highest BCUT2D eigenvalue weighted by atomic mass is 16.2. The van der Waals surface area contributed by atoms with E-state index in [0.717, 1.165) is 31.5 Å². The van der Waals surface area contributed by atoms with Crippen LogP contribution in [0.1, 0.15) is 18.4 Å². The number of nitrogens with zero attached hydrogens (tertiary/aromatic N) is 2. The fourth-order valence-electron chi connectivity index (χ4n) is 3.01. The van der Waals surface area contributed by atoms with Crippen molar-refractivity contribution in [3.63, 3.8) is 0 Å². The Morgan fingerprint density at radius 1 is 1.15 bits per heavy atom. The van der Waals surface area contributed by atoms with Crippen molar-refractivity contribution >= 4 is 18.1 Å². The third kappa shape index (κ3) is 2.48. The monoisotopic (exact) mass is 272 g/mol. The van der Waals surface area contributed by atoms with E-state index in [-0.39, 0.29) is 12.1 Å². The molecule has 0 bridgehead atoms. The topological polar surface area (TPSA) is 52.7 Å². The standard InChI is InChI=1S/C15H18N3O2/c19-11-17-8-6-13(7-9-17)18-10-5-12-3-1-2-4-14(12)16-15(18)20/h1-4,13H,5-10H2,(H,16,20). The minimum atomic E-state index is -0.0246. The van der Waals surface area contributed by atoms with Crippen LogP contribution in [0.25, 0.3) is 0 Å². The van der Waals surface area contributed by atoms with Gasteiger partial charge >= 0.3 is 12.4 Å². The summed E-state index contributed by atoms with van der Waals surface area (Å²) in [6.07, 6.45) is 4.46. The van der Waals surface area contributed by atoms with Crippen molar-refractivity contribution in [2.24, 2.45) is 0 Å². The van der Waals surface area contributed by atoms with Crippen molar-refractivity contribution in [3.8, 4) is 0 Å². The summed E-state index contributed by atoms with van der Waals surface area (Å²) < 4.78 is 0. The molecule has 5 nitrogen and oxygen atoms in total. The Morgan fingerprint density at radius 2 is 1.90 bits per heavy atom. The second kappa shape index (κ2) is 5.53. The lowest BCUT2D eigenvalue weighted by Gasteiger charge is -2.36. The lowest BCUT2D eigenvalue weighted by Crippen LogP contribution is -2.48. The molecular weight excluding hydrogens is 254 g/mol. The van der Waals surface area contributed by atoms with Gasteiger partial charge in [-0.3, -0.25) is 4.79 Å². The normalized spacial score (nSPS) is 20.1. The first-order valence-electron chi connectivity index (χ1n) is 7.06. The van der Waals surface area contributed by atoms with Gasteiger partial charge in [-0.15, -0.1) is 0 Å². The van der Waals surface area contributed by atoms with Crippen LogP contribution in [0.3, 0.4) is 0 Å². The van der Waals surface area contributed by atoms with Crippen molar-refractivity contribution in [2.45, 2.75) is 25.3 Å². The number of anilines is 1. The van der Waals surface area contributed by atoms with Crippen LogP contribution in [0.4, 0.5) is 10.5 Å². The predicted octanol–water partition coefficient (Wildman–Crippen LogP) is 1.61. The highest BCUT2D eigenvalue weighted by molar-refractivity contribution is 5.91. The SMILES string of the molecule is O=[C]N1CCC(N2CCc3ccccc3NC2=O)CC1. The molecule has 1 saturated heterocycles. The third-order valence-corrected chi connectivity index (χ3v) is 4.18. The number of para-hydroxylation sites is 1. The second-order valence-corrected chi connectivity index (χ2v) is 5.34. The zero-order valence-electron chi connectivity index (χ0n) is 11.3. The van der Waals surface area contributed by atoms with E-state index in [1.165, 1.54) is 5.56 Å². The first-order chi connectivity index (χ1) is 9.78. The summed E-state index contributed by atoms with van der Waals surface area (Å²) in [6.45, 7) is 2.11. The number of likely N-dealkylation sites (tertiary alicyclic amines) is 1. The van der Waals surface area contributed by atoms with Crippen LogP contribution in [0.5, 0.6) is 0 Å². The van der Waals surface area contributed by atoms with Gasteiger partial charge in [0.2, 0.25) is 0 Å². The fraction of sp³-hybridized carbons (Fsp3) is 0.467. The van der Waals surface area contributed by atoms with Gasteiger partial charge in [0, 0.05) is 31.4 Å². The smallest absolute Gasteiger partial charge is 0.322 e. The molecule has 0 saturated carbocycles. The molecule has 1 N–H and O–H groups in total. The van der Waals surface area contributed by atoms with Gasteiger partial charge in [-0.25, -0.2) is 4.79 Å². The quantitative estimate of drug-likeness (QED) is 0.889. The van der Waals surface area contributed by atoms with Crippen LogP contribution in [-0.4, -0.2) is 47.9 Å². The number of piperidine rings is 1. The largest absolute Gasteiger partial charge is 0.334 e. The summed E-state index contributed by atoms with van der Waals surface area (Å²) in [5, 5.41) is 2.99. The molecule has 1 fully saturated rings. The summed E-state index contributed by atoms with van der Waals surface area (Å²) >= 11 is 0. The molecule has 0 aromatic heterocycles. The van der Waals surface area contributed by atoms with Crippen LogP contribution in [0, 0.1) is 0 Å². The Labute approximate surface area is 118 Å². The molecule has 2 aliphatic heterocycles. The molecule has 3 rings (SSSR count). The number of amides is 3. The average Bonchev–Trinajstić information content (AvgIpc) is 2.66. The molecular formula is C15H18N3O2. The minimum Gasteiger partial charge on any atom is -0.334 e. The van der Waals surface area contributed by atoms with Crippen molar-refractivity contribution in [1.29, 1.82) is 0 Å². The number of carbonyl (C=O) groups is 1. The fourth-order valence-corrected chi connectivity index (χ4v) is 3.01. The highest BCUT2D eigenvalue weighted by Crippen LogP contribution is 2.24. The number of carbonyl (C=O) groups excluding carboxylic acids is 2. The molecule has 1 radical (unpaired) electrons. The molecule has 0 atom stereocenters. The van der Waals surface area contributed by atoms with E-state index in [0.29, 0.717) is 13.1 Å². The predicted molar refractivity (Wildman–Crippen MR) is 76.2 cm³/mol. The van der Waals surface area contributed by atoms with Crippen LogP contribution >= 0.6 is 0 Å². The number of hydrogen-bond donors (Lipinski definition) is 1. The van der Waals surface area contributed by atoms with Crippen molar-refractivity contribution in [2.75, 3.05) is 25.0 Å². The Kier molecular flexibility index (Phi) is 3.58. The molecule has 105 valence electrons. The molecule has 3 amide bonds. The molecule has 1 aromatic carbocycles. The summed E-state index contributed by atoms with van der Waals surface area (Å²) in [6, 6.07) is 8.13. The van der Waals surface area contributed by atoms with E-state index in [1.54, 1.807) is 4.90 Å². The molecule has 2 heterocycles. The molecule has 0 spiro atoms. The number of benzene rings is 1. The van der Waals surface area contributed by atoms with Gasteiger partial charge in [0.15, 0.2) is 0 Å². The van der Waals surface area contributed by atoms with Gasteiger partial charge in [-0.2, -0.15) is 0 Å². The zero-order chi connectivity index (χ0) is 13.9. The van der Waals surface area contributed by atoms with Crippen molar-refractivity contribution < 1.29 is 9.59 Å². The number of hydrogen-bond acceptors (Lipinski definition) is 2. The van der Waals surface area contributed by atoms with E-state index in [1.807, 2.05) is 29.5 Å². The maximum atomic E-state index is 12.4. The highest BCUT2D eigenvalue weighted by Gasteiger charge is 2.29. The number of nitrogens with one attached hydrogen (secondary N) is 1. The molecule has 2 aliphatic rings. The minimum absolute atomic E-state index is 0.0246. The van der Waals surface area contributed by atoms with Crippen LogP contribution in [-0.2, 0) is 11.2 Å². The van der Waals surface area contributed by atoms with Gasteiger partial charge < -0.3 is 15.1 Å². The molecule has 1 aromatic rings. The van der Waals surface area contributed by atoms with Gasteiger partial charge in [0.25, 0.3) is 0 Å². The van der Waals surface area contributed by atoms with Crippen molar-refractivity contribution in [1.82, 2.24) is 9.80 Å². The molecule has 20 heavy (non-hydrogen) atoms. The lowest BCUT2D eigenvalue weighted by atomic mass is 10.0. The van der Waals surface area contributed by atoms with Gasteiger partial charge in [-0.1, -0.05) is 18.2 Å². The summed E-state index contributed by atoms with van der Waals surface area (Å²) in [4.78, 5) is 26.5. The number of fused-ring (bicyclic) bond motifs is 1. The first kappa shape index (κ1) is 13.0. The van der Waals surface area contributed by atoms with Gasteiger partial charge in [0.05, 0.1) is 0 Å². The van der Waals surface area contributed by atoms with Crippen molar-refractivity contribution in [3.05, 3.63) is 29.8 Å². The van der Waals surface area contributed by atoms with Gasteiger partial charge in [-0.05, 0) is 30.9 Å². The summed E-state index contributed by atoms with van der Waals surface area (Å²) in [5.74, 6) is 0. The molecule has 0 aliphatic carbocycles. The Hall–Kier alpha value is -2.04. The molecule has 0 unspecified atom stereocenters. The molecule has 5 heteroatoms. The Balaban J connectivity index is 1.70. The van der Waals surface area contributed by atoms with E-state index in [4.69, 9.17) is 0 Å².